The lowest BCUT2D eigenvalue weighted by atomic mass is 10.2. The number of hydrogen-bond donors (Lipinski definition) is 1. The summed E-state index contributed by atoms with van der Waals surface area (Å²) in [5.74, 6) is -0.880. The number of carboxylic acids is 1. The number of halogens is 3. The molecule has 0 aliphatic heterocycles. The normalized spacial score (nSPS) is 10.8. The number of carboxylic acid groups (broad SMARTS) is 1. The van der Waals surface area contributed by atoms with Crippen LogP contribution in [0.4, 0.5) is 0 Å². The first-order chi connectivity index (χ1) is 12.4. The zero-order valence-electron chi connectivity index (χ0n) is 13.4. The molecule has 0 unspecified atom stereocenters. The van der Waals surface area contributed by atoms with Crippen LogP contribution in [0.15, 0.2) is 36.5 Å². The summed E-state index contributed by atoms with van der Waals surface area (Å²) in [4.78, 5) is 19.8. The Bertz CT molecular complexity index is 989. The van der Waals surface area contributed by atoms with Crippen LogP contribution in [0.25, 0.3) is 0 Å². The Morgan fingerprint density at radius 1 is 1.27 bits per heavy atom. The van der Waals surface area contributed by atoms with E-state index in [1.807, 2.05) is 0 Å². The zero-order valence-corrected chi connectivity index (χ0v) is 15.7. The van der Waals surface area contributed by atoms with Crippen molar-refractivity contribution in [2.24, 2.45) is 0 Å². The van der Waals surface area contributed by atoms with Crippen molar-refractivity contribution in [2.75, 3.05) is 0 Å². The van der Waals surface area contributed by atoms with Gasteiger partial charge < -0.3 is 9.84 Å². The molecule has 0 bridgehead atoms. The van der Waals surface area contributed by atoms with Gasteiger partial charge in [-0.3, -0.25) is 4.57 Å². The standard InChI is InChI=1S/C17H12Cl3N3O3/c1-9-14(16(24)25)23(8-10-7-11(18)4-5-12(10)19)17(22-9)26-13-3-2-6-21-15(13)20/h2-7H,8H2,1H3,(H,24,25). The van der Waals surface area contributed by atoms with Crippen LogP contribution in [-0.2, 0) is 6.54 Å². The van der Waals surface area contributed by atoms with E-state index >= 15 is 0 Å². The van der Waals surface area contributed by atoms with Gasteiger partial charge in [0.05, 0.1) is 12.2 Å². The molecule has 0 fully saturated rings. The van der Waals surface area contributed by atoms with Gasteiger partial charge in [0.2, 0.25) is 0 Å². The number of carbonyl (C=O) groups is 1. The van der Waals surface area contributed by atoms with Gasteiger partial charge in [0.1, 0.15) is 0 Å². The fraction of sp³-hybridized carbons (Fsp3) is 0.118. The van der Waals surface area contributed by atoms with Crippen LogP contribution in [0, 0.1) is 6.92 Å². The number of pyridine rings is 1. The Labute approximate surface area is 163 Å². The Hall–Kier alpha value is -2.28. The summed E-state index contributed by atoms with van der Waals surface area (Å²) in [5.41, 5.74) is 0.905. The molecule has 134 valence electrons. The first-order valence-corrected chi connectivity index (χ1v) is 8.53. The van der Waals surface area contributed by atoms with E-state index in [-0.39, 0.29) is 29.2 Å². The van der Waals surface area contributed by atoms with E-state index in [9.17, 15) is 9.90 Å². The number of aryl methyl sites for hydroxylation is 1. The summed E-state index contributed by atoms with van der Waals surface area (Å²) in [5, 5.41) is 10.6. The molecule has 0 spiro atoms. The highest BCUT2D eigenvalue weighted by Crippen LogP contribution is 2.30. The second-order valence-corrected chi connectivity index (χ2v) is 6.55. The number of imidazole rings is 1. The Balaban J connectivity index is 2.08. The second kappa shape index (κ2) is 7.53. The average molecular weight is 413 g/mol. The molecule has 3 rings (SSSR count). The lowest BCUT2D eigenvalue weighted by Crippen LogP contribution is -2.12. The topological polar surface area (TPSA) is 77.2 Å². The van der Waals surface area contributed by atoms with Crippen LogP contribution in [-0.4, -0.2) is 25.6 Å². The molecule has 3 aromatic rings. The Morgan fingerprint density at radius 2 is 2.04 bits per heavy atom. The van der Waals surface area contributed by atoms with E-state index in [4.69, 9.17) is 39.5 Å². The van der Waals surface area contributed by atoms with Crippen LogP contribution in [0.3, 0.4) is 0 Å². The molecule has 1 aromatic carbocycles. The van der Waals surface area contributed by atoms with Gasteiger partial charge in [0, 0.05) is 16.2 Å². The van der Waals surface area contributed by atoms with Crippen molar-refractivity contribution in [3.8, 4) is 11.8 Å². The highest BCUT2D eigenvalue weighted by Gasteiger charge is 2.23. The lowest BCUT2D eigenvalue weighted by Gasteiger charge is -2.12. The van der Waals surface area contributed by atoms with Gasteiger partial charge in [0.25, 0.3) is 0 Å². The number of nitrogens with zero attached hydrogens (tertiary/aromatic N) is 3. The number of rotatable bonds is 5. The number of ether oxygens (including phenoxy) is 1. The van der Waals surface area contributed by atoms with Crippen molar-refractivity contribution >= 4 is 40.8 Å². The predicted molar refractivity (Wildman–Crippen MR) is 98.8 cm³/mol. The molecular formula is C17H12Cl3N3O3. The van der Waals surface area contributed by atoms with Crippen molar-refractivity contribution in [1.82, 2.24) is 14.5 Å². The fourth-order valence-electron chi connectivity index (χ4n) is 2.42. The van der Waals surface area contributed by atoms with Crippen LogP contribution < -0.4 is 4.74 Å². The SMILES string of the molecule is Cc1nc(Oc2cccnc2Cl)n(Cc2cc(Cl)ccc2Cl)c1C(=O)O. The smallest absolute Gasteiger partial charge is 0.354 e. The molecule has 0 aliphatic carbocycles. The number of benzene rings is 1. The van der Waals surface area contributed by atoms with Gasteiger partial charge in [0.15, 0.2) is 16.6 Å². The largest absolute Gasteiger partial charge is 0.477 e. The van der Waals surface area contributed by atoms with Crippen molar-refractivity contribution in [3.05, 3.63) is 68.7 Å². The molecule has 6 nitrogen and oxygen atoms in total. The molecule has 2 aromatic heterocycles. The van der Waals surface area contributed by atoms with Crippen molar-refractivity contribution in [1.29, 1.82) is 0 Å². The molecule has 0 aliphatic rings. The highest BCUT2D eigenvalue weighted by atomic mass is 35.5. The summed E-state index contributed by atoms with van der Waals surface area (Å²) in [6.45, 7) is 1.69. The quantitative estimate of drug-likeness (QED) is 0.591. The zero-order chi connectivity index (χ0) is 18.8. The summed E-state index contributed by atoms with van der Waals surface area (Å²) < 4.78 is 7.11. The van der Waals surface area contributed by atoms with Gasteiger partial charge in [-0.15, -0.1) is 0 Å². The molecular weight excluding hydrogens is 401 g/mol. The van der Waals surface area contributed by atoms with E-state index in [0.29, 0.717) is 21.3 Å². The first-order valence-electron chi connectivity index (χ1n) is 7.39. The molecule has 0 saturated carbocycles. The number of hydrogen-bond acceptors (Lipinski definition) is 4. The van der Waals surface area contributed by atoms with Crippen LogP contribution >= 0.6 is 34.8 Å². The summed E-state index contributed by atoms with van der Waals surface area (Å²) in [6.07, 6.45) is 1.52. The number of aromatic carboxylic acids is 1. The first kappa shape index (κ1) is 18.5. The van der Waals surface area contributed by atoms with Crippen molar-refractivity contribution in [2.45, 2.75) is 13.5 Å². The van der Waals surface area contributed by atoms with Gasteiger partial charge in [-0.2, -0.15) is 4.98 Å². The summed E-state index contributed by atoms with van der Waals surface area (Å²) >= 11 is 18.2. The van der Waals surface area contributed by atoms with E-state index in [1.165, 1.54) is 10.8 Å². The molecule has 9 heteroatoms. The van der Waals surface area contributed by atoms with E-state index < -0.39 is 5.97 Å². The van der Waals surface area contributed by atoms with Crippen molar-refractivity contribution in [3.63, 3.8) is 0 Å². The van der Waals surface area contributed by atoms with Gasteiger partial charge in [-0.25, -0.2) is 9.78 Å². The molecule has 1 N–H and O–H groups in total. The maximum atomic E-state index is 11.7. The summed E-state index contributed by atoms with van der Waals surface area (Å²) in [7, 11) is 0. The van der Waals surface area contributed by atoms with E-state index in [2.05, 4.69) is 9.97 Å². The molecule has 26 heavy (non-hydrogen) atoms. The third-order valence-electron chi connectivity index (χ3n) is 3.57. The maximum absolute atomic E-state index is 11.7. The van der Waals surface area contributed by atoms with Crippen LogP contribution in [0.5, 0.6) is 11.8 Å². The summed E-state index contributed by atoms with van der Waals surface area (Å²) in [6, 6.07) is 8.26. The van der Waals surface area contributed by atoms with E-state index in [0.717, 1.165) is 0 Å². The predicted octanol–water partition coefficient (Wildman–Crippen LogP) is 5.09. The lowest BCUT2D eigenvalue weighted by molar-refractivity contribution is 0.0683. The molecule has 0 atom stereocenters. The minimum atomic E-state index is -1.14. The number of aromatic nitrogens is 3. The van der Waals surface area contributed by atoms with E-state index in [1.54, 1.807) is 37.3 Å². The minimum Gasteiger partial charge on any atom is -0.477 e. The third kappa shape index (κ3) is 3.77. The second-order valence-electron chi connectivity index (χ2n) is 5.35. The highest BCUT2D eigenvalue weighted by molar-refractivity contribution is 6.33. The fourth-order valence-corrected chi connectivity index (χ4v) is 2.95. The molecule has 0 radical (unpaired) electrons. The molecule has 0 amide bonds. The Morgan fingerprint density at radius 3 is 2.73 bits per heavy atom. The van der Waals surface area contributed by atoms with Gasteiger partial charge >= 0.3 is 12.0 Å². The minimum absolute atomic E-state index is 0.0175. The van der Waals surface area contributed by atoms with Gasteiger partial charge in [-0.1, -0.05) is 34.8 Å². The third-order valence-corrected chi connectivity index (χ3v) is 4.46. The molecule has 2 heterocycles. The van der Waals surface area contributed by atoms with Crippen LogP contribution in [0.2, 0.25) is 15.2 Å². The average Bonchev–Trinajstić information content (AvgIpc) is 2.88. The molecule has 0 saturated heterocycles. The van der Waals surface area contributed by atoms with Gasteiger partial charge in [-0.05, 0) is 42.8 Å². The monoisotopic (exact) mass is 411 g/mol. The maximum Gasteiger partial charge on any atom is 0.354 e. The Kier molecular flexibility index (Phi) is 5.36. The van der Waals surface area contributed by atoms with Crippen LogP contribution in [0.1, 0.15) is 21.7 Å². The van der Waals surface area contributed by atoms with Crippen molar-refractivity contribution < 1.29 is 14.6 Å².